The second-order valence-electron chi connectivity index (χ2n) is 4.62. The first-order chi connectivity index (χ1) is 9.43. The molecule has 0 unspecified atom stereocenters. The number of rotatable bonds is 4. The summed E-state index contributed by atoms with van der Waals surface area (Å²) in [7, 11) is 1.94. The van der Waals surface area contributed by atoms with E-state index in [-0.39, 0.29) is 0 Å². The van der Waals surface area contributed by atoms with E-state index in [4.69, 9.17) is 23.2 Å². The van der Waals surface area contributed by atoms with Gasteiger partial charge in [-0.1, -0.05) is 30.1 Å². The van der Waals surface area contributed by atoms with Crippen molar-refractivity contribution in [2.24, 2.45) is 7.05 Å². The molecule has 1 aromatic carbocycles. The first kappa shape index (κ1) is 15.7. The minimum Gasteiger partial charge on any atom is -0.378 e. The van der Waals surface area contributed by atoms with Crippen LogP contribution in [0.2, 0.25) is 10.0 Å². The topological polar surface area (TPSA) is 29.9 Å². The summed E-state index contributed by atoms with van der Waals surface area (Å²) in [6, 6.07) is 3.71. The summed E-state index contributed by atoms with van der Waals surface area (Å²) >= 11 is 16.0. The van der Waals surface area contributed by atoms with Crippen LogP contribution in [0.25, 0.3) is 0 Å². The zero-order chi connectivity index (χ0) is 14.9. The van der Waals surface area contributed by atoms with Gasteiger partial charge in [-0.3, -0.25) is 4.68 Å². The van der Waals surface area contributed by atoms with Gasteiger partial charge >= 0.3 is 0 Å². The van der Waals surface area contributed by atoms with E-state index in [9.17, 15) is 0 Å². The fraction of sp³-hybridized carbons (Fsp3) is 0.357. The van der Waals surface area contributed by atoms with Gasteiger partial charge < -0.3 is 5.32 Å². The van der Waals surface area contributed by atoms with Crippen molar-refractivity contribution in [1.29, 1.82) is 0 Å². The lowest BCUT2D eigenvalue weighted by Crippen LogP contribution is -2.06. The number of halogens is 3. The molecule has 0 fully saturated rings. The van der Waals surface area contributed by atoms with Crippen LogP contribution in [0.3, 0.4) is 0 Å². The molecule has 0 aliphatic rings. The number of anilines is 1. The van der Waals surface area contributed by atoms with E-state index in [1.807, 2.05) is 30.8 Å². The lowest BCUT2D eigenvalue weighted by Gasteiger charge is -2.11. The van der Waals surface area contributed by atoms with Crippen molar-refractivity contribution in [3.63, 3.8) is 0 Å². The molecule has 2 aromatic rings. The predicted octanol–water partition coefficient (Wildman–Crippen LogP) is 4.97. The third-order valence-corrected chi connectivity index (χ3v) is 4.83. The average molecular weight is 377 g/mol. The molecule has 0 aliphatic carbocycles. The molecule has 0 radical (unpaired) electrons. The Bertz CT molecular complexity index is 638. The fourth-order valence-corrected chi connectivity index (χ4v) is 3.18. The van der Waals surface area contributed by atoms with Crippen molar-refractivity contribution in [2.45, 2.75) is 26.8 Å². The van der Waals surface area contributed by atoms with Crippen LogP contribution in [0.4, 0.5) is 5.69 Å². The van der Waals surface area contributed by atoms with Crippen molar-refractivity contribution in [3.05, 3.63) is 43.6 Å². The molecule has 3 nitrogen and oxygen atoms in total. The van der Waals surface area contributed by atoms with Gasteiger partial charge in [0.25, 0.3) is 0 Å². The number of benzene rings is 1. The van der Waals surface area contributed by atoms with E-state index in [0.29, 0.717) is 16.6 Å². The molecule has 1 heterocycles. The number of nitrogens with one attached hydrogen (secondary N) is 1. The standard InChI is InChI=1S/C14H16BrCl2N3/c1-4-11-14(15)13(20(3)19-11)7-18-12-6-9(16)8(2)5-10(12)17/h5-6,18H,4,7H2,1-3H3. The summed E-state index contributed by atoms with van der Waals surface area (Å²) in [5.74, 6) is 0. The summed E-state index contributed by atoms with van der Waals surface area (Å²) in [5.41, 5.74) is 3.93. The summed E-state index contributed by atoms with van der Waals surface area (Å²) in [6.07, 6.45) is 0.894. The Labute approximate surface area is 137 Å². The molecule has 1 N–H and O–H groups in total. The van der Waals surface area contributed by atoms with Crippen molar-refractivity contribution in [2.75, 3.05) is 5.32 Å². The minimum absolute atomic E-state index is 0.628. The normalized spacial score (nSPS) is 10.9. The van der Waals surface area contributed by atoms with Crippen molar-refractivity contribution >= 4 is 44.8 Å². The van der Waals surface area contributed by atoms with Crippen LogP contribution < -0.4 is 5.32 Å². The molecular formula is C14H16BrCl2N3. The van der Waals surface area contributed by atoms with E-state index in [1.165, 1.54) is 0 Å². The van der Waals surface area contributed by atoms with E-state index in [1.54, 1.807) is 0 Å². The zero-order valence-corrected chi connectivity index (χ0v) is 14.7. The van der Waals surface area contributed by atoms with Gasteiger partial charge in [-0.2, -0.15) is 5.10 Å². The van der Waals surface area contributed by atoms with Gasteiger partial charge in [-0.15, -0.1) is 0 Å². The minimum atomic E-state index is 0.628. The summed E-state index contributed by atoms with van der Waals surface area (Å²) in [5, 5.41) is 9.15. The molecular weight excluding hydrogens is 361 g/mol. The Morgan fingerprint density at radius 2 is 2.00 bits per heavy atom. The Morgan fingerprint density at radius 1 is 1.30 bits per heavy atom. The van der Waals surface area contributed by atoms with Crippen LogP contribution in [-0.4, -0.2) is 9.78 Å². The highest BCUT2D eigenvalue weighted by Crippen LogP contribution is 2.30. The van der Waals surface area contributed by atoms with Crippen LogP contribution in [0.15, 0.2) is 16.6 Å². The third-order valence-electron chi connectivity index (χ3n) is 3.20. The van der Waals surface area contributed by atoms with Gasteiger partial charge in [0, 0.05) is 12.1 Å². The maximum absolute atomic E-state index is 6.22. The first-order valence-electron chi connectivity index (χ1n) is 6.33. The molecule has 0 saturated carbocycles. The van der Waals surface area contributed by atoms with E-state index >= 15 is 0 Å². The molecule has 0 saturated heterocycles. The van der Waals surface area contributed by atoms with Crippen LogP contribution in [-0.2, 0) is 20.0 Å². The average Bonchev–Trinajstić information content (AvgIpc) is 2.67. The molecule has 20 heavy (non-hydrogen) atoms. The van der Waals surface area contributed by atoms with Crippen LogP contribution >= 0.6 is 39.1 Å². The fourth-order valence-electron chi connectivity index (χ4n) is 1.97. The van der Waals surface area contributed by atoms with Crippen molar-refractivity contribution < 1.29 is 0 Å². The number of hydrogen-bond acceptors (Lipinski definition) is 2. The summed E-state index contributed by atoms with van der Waals surface area (Å²) in [6.45, 7) is 4.65. The maximum Gasteiger partial charge on any atom is 0.0767 e. The van der Waals surface area contributed by atoms with Gasteiger partial charge in [-0.05, 0) is 47.0 Å². The van der Waals surface area contributed by atoms with Gasteiger partial charge in [0.2, 0.25) is 0 Å². The molecule has 0 atom stereocenters. The van der Waals surface area contributed by atoms with Gasteiger partial charge in [0.05, 0.1) is 33.1 Å². The van der Waals surface area contributed by atoms with Crippen LogP contribution in [0.1, 0.15) is 23.9 Å². The molecule has 0 aliphatic heterocycles. The van der Waals surface area contributed by atoms with Crippen molar-refractivity contribution in [1.82, 2.24) is 9.78 Å². The number of aromatic nitrogens is 2. The van der Waals surface area contributed by atoms with Gasteiger partial charge in [-0.25, -0.2) is 0 Å². The molecule has 0 bridgehead atoms. The maximum atomic E-state index is 6.22. The highest BCUT2D eigenvalue weighted by molar-refractivity contribution is 9.10. The second-order valence-corrected chi connectivity index (χ2v) is 6.23. The molecule has 0 spiro atoms. The highest BCUT2D eigenvalue weighted by Gasteiger charge is 2.13. The lowest BCUT2D eigenvalue weighted by atomic mass is 10.2. The predicted molar refractivity (Wildman–Crippen MR) is 88.8 cm³/mol. The second kappa shape index (κ2) is 6.37. The summed E-state index contributed by atoms with van der Waals surface area (Å²) in [4.78, 5) is 0. The highest BCUT2D eigenvalue weighted by atomic mass is 79.9. The molecule has 108 valence electrons. The van der Waals surface area contributed by atoms with Gasteiger partial charge in [0.15, 0.2) is 0 Å². The Balaban J connectivity index is 2.21. The van der Waals surface area contributed by atoms with Crippen LogP contribution in [0.5, 0.6) is 0 Å². The zero-order valence-electron chi connectivity index (χ0n) is 11.6. The molecule has 2 rings (SSSR count). The Hall–Kier alpha value is -0.710. The Kier molecular flexibility index (Phi) is 4.99. The summed E-state index contributed by atoms with van der Waals surface area (Å²) < 4.78 is 2.92. The number of hydrogen-bond donors (Lipinski definition) is 1. The number of aryl methyl sites for hydroxylation is 3. The van der Waals surface area contributed by atoms with Gasteiger partial charge in [0.1, 0.15) is 0 Å². The van der Waals surface area contributed by atoms with E-state index < -0.39 is 0 Å². The van der Waals surface area contributed by atoms with Crippen LogP contribution in [0, 0.1) is 6.92 Å². The van der Waals surface area contributed by atoms with E-state index in [0.717, 1.165) is 33.5 Å². The van der Waals surface area contributed by atoms with E-state index in [2.05, 4.69) is 33.3 Å². The molecule has 6 heteroatoms. The first-order valence-corrected chi connectivity index (χ1v) is 7.88. The third kappa shape index (κ3) is 3.13. The smallest absolute Gasteiger partial charge is 0.0767 e. The van der Waals surface area contributed by atoms with Crippen molar-refractivity contribution in [3.8, 4) is 0 Å². The Morgan fingerprint density at radius 3 is 2.60 bits per heavy atom. The largest absolute Gasteiger partial charge is 0.378 e. The molecule has 0 amide bonds. The lowest BCUT2D eigenvalue weighted by molar-refractivity contribution is 0.706. The number of nitrogens with zero attached hydrogens (tertiary/aromatic N) is 2. The quantitative estimate of drug-likeness (QED) is 0.815. The molecule has 1 aromatic heterocycles. The SMILES string of the molecule is CCc1nn(C)c(CNc2cc(Cl)c(C)cc2Cl)c1Br. The monoisotopic (exact) mass is 375 g/mol.